The number of halogens is 1. The first-order valence-corrected chi connectivity index (χ1v) is 7.92. The summed E-state index contributed by atoms with van der Waals surface area (Å²) >= 11 is 3.30. The zero-order valence-electron chi connectivity index (χ0n) is 12.2. The normalized spacial score (nSPS) is 13.6. The van der Waals surface area contributed by atoms with Gasteiger partial charge in [0.15, 0.2) is 0 Å². The largest absolute Gasteiger partial charge is 0.493 e. The number of alkyl halides is 1. The number of carbonyl (C=O) groups excluding carboxylic acids is 1. The molecular formula is C15H22BrNO3. The predicted octanol–water partition coefficient (Wildman–Crippen LogP) is 3.60. The third-order valence-corrected chi connectivity index (χ3v) is 3.40. The van der Waals surface area contributed by atoms with Gasteiger partial charge in [-0.15, -0.1) is 0 Å². The number of anilines is 1. The molecule has 4 nitrogen and oxygen atoms in total. The highest BCUT2D eigenvalue weighted by Gasteiger charge is 2.31. The number of ether oxygens (including phenoxy) is 2. The van der Waals surface area contributed by atoms with Gasteiger partial charge in [-0.1, -0.05) is 22.9 Å². The molecule has 0 saturated heterocycles. The zero-order chi connectivity index (χ0) is 15.0. The molecule has 0 aliphatic carbocycles. The van der Waals surface area contributed by atoms with Crippen molar-refractivity contribution in [1.82, 2.24) is 0 Å². The topological polar surface area (TPSA) is 47.6 Å². The third-order valence-electron chi connectivity index (χ3n) is 3.08. The maximum absolute atomic E-state index is 12.2. The molecule has 0 aliphatic rings. The summed E-state index contributed by atoms with van der Waals surface area (Å²) < 4.78 is 11.0. The van der Waals surface area contributed by atoms with E-state index in [4.69, 9.17) is 9.47 Å². The quantitative estimate of drug-likeness (QED) is 0.733. The Morgan fingerprint density at radius 1 is 1.30 bits per heavy atom. The molecule has 1 aromatic carbocycles. The van der Waals surface area contributed by atoms with E-state index in [9.17, 15) is 4.79 Å². The van der Waals surface area contributed by atoms with E-state index in [0.717, 1.165) is 16.8 Å². The molecule has 5 heteroatoms. The summed E-state index contributed by atoms with van der Waals surface area (Å²) in [5, 5.41) is 3.66. The minimum atomic E-state index is -0.792. The van der Waals surface area contributed by atoms with Gasteiger partial charge in [0.05, 0.1) is 6.61 Å². The van der Waals surface area contributed by atoms with Crippen LogP contribution in [0, 0.1) is 0 Å². The van der Waals surface area contributed by atoms with Crippen LogP contribution < -0.4 is 10.1 Å². The van der Waals surface area contributed by atoms with Crippen molar-refractivity contribution in [3.63, 3.8) is 0 Å². The first-order chi connectivity index (χ1) is 9.55. The Morgan fingerprint density at radius 2 is 1.95 bits per heavy atom. The average Bonchev–Trinajstić information content (AvgIpc) is 2.46. The number of carbonyl (C=O) groups is 1. The Hall–Kier alpha value is -1.07. The van der Waals surface area contributed by atoms with Gasteiger partial charge in [0.1, 0.15) is 11.4 Å². The second kappa shape index (κ2) is 8.27. The number of benzene rings is 1. The van der Waals surface area contributed by atoms with E-state index in [2.05, 4.69) is 21.2 Å². The van der Waals surface area contributed by atoms with Crippen molar-refractivity contribution in [2.75, 3.05) is 23.9 Å². The van der Waals surface area contributed by atoms with Gasteiger partial charge in [0.25, 0.3) is 5.91 Å². The van der Waals surface area contributed by atoms with E-state index in [1.165, 1.54) is 0 Å². The average molecular weight is 344 g/mol. The summed E-state index contributed by atoms with van der Waals surface area (Å²) in [7, 11) is 0. The fourth-order valence-corrected chi connectivity index (χ4v) is 1.86. The molecule has 0 aliphatic heterocycles. The van der Waals surface area contributed by atoms with Crippen molar-refractivity contribution in [3.05, 3.63) is 24.3 Å². The van der Waals surface area contributed by atoms with Crippen LogP contribution in [0.1, 0.15) is 27.2 Å². The summed E-state index contributed by atoms with van der Waals surface area (Å²) in [6.07, 6.45) is 0.624. The number of amides is 1. The second-order valence-electron chi connectivity index (χ2n) is 4.53. The minimum absolute atomic E-state index is 0.129. The van der Waals surface area contributed by atoms with Crippen molar-refractivity contribution >= 4 is 27.5 Å². The highest BCUT2D eigenvalue weighted by molar-refractivity contribution is 9.09. The molecule has 1 N–H and O–H groups in total. The molecule has 0 aromatic heterocycles. The molecular weight excluding hydrogens is 322 g/mol. The van der Waals surface area contributed by atoms with Gasteiger partial charge in [0.2, 0.25) is 0 Å². The van der Waals surface area contributed by atoms with E-state index in [1.807, 2.05) is 38.1 Å². The maximum atomic E-state index is 12.2. The van der Waals surface area contributed by atoms with Crippen LogP contribution in [0.5, 0.6) is 5.75 Å². The fourth-order valence-electron chi connectivity index (χ4n) is 1.70. The monoisotopic (exact) mass is 343 g/mol. The van der Waals surface area contributed by atoms with Crippen molar-refractivity contribution in [3.8, 4) is 5.75 Å². The second-order valence-corrected chi connectivity index (χ2v) is 5.33. The molecule has 0 radical (unpaired) electrons. The lowest BCUT2D eigenvalue weighted by atomic mass is 10.0. The number of hydrogen-bond acceptors (Lipinski definition) is 3. The van der Waals surface area contributed by atoms with Gasteiger partial charge < -0.3 is 14.8 Å². The Morgan fingerprint density at radius 3 is 2.45 bits per heavy atom. The minimum Gasteiger partial charge on any atom is -0.493 e. The highest BCUT2D eigenvalue weighted by Crippen LogP contribution is 2.20. The standard InChI is InChI=1S/C15H22BrNO3/c1-4-15(3,20-5-2)14(18)17-12-6-8-13(9-7-12)19-11-10-16/h6-9H,4-5,10-11H2,1-3H3,(H,17,18). The Balaban J connectivity index is 2.65. The van der Waals surface area contributed by atoms with Gasteiger partial charge in [-0.2, -0.15) is 0 Å². The first-order valence-electron chi connectivity index (χ1n) is 6.80. The van der Waals surface area contributed by atoms with Gasteiger partial charge in [-0.05, 0) is 44.5 Å². The van der Waals surface area contributed by atoms with Gasteiger partial charge in [-0.25, -0.2) is 0 Å². The number of hydrogen-bond donors (Lipinski definition) is 1. The summed E-state index contributed by atoms with van der Waals surface area (Å²) in [4.78, 5) is 12.2. The van der Waals surface area contributed by atoms with Crippen molar-refractivity contribution in [2.24, 2.45) is 0 Å². The summed E-state index contributed by atoms with van der Waals surface area (Å²) in [5.41, 5.74) is -0.0551. The Bertz CT molecular complexity index is 422. The zero-order valence-corrected chi connectivity index (χ0v) is 13.8. The van der Waals surface area contributed by atoms with Crippen LogP contribution in [0.2, 0.25) is 0 Å². The lowest BCUT2D eigenvalue weighted by molar-refractivity contribution is -0.139. The lowest BCUT2D eigenvalue weighted by Gasteiger charge is -2.26. The van der Waals surface area contributed by atoms with Crippen molar-refractivity contribution in [1.29, 1.82) is 0 Å². The molecule has 1 aromatic rings. The van der Waals surface area contributed by atoms with E-state index in [1.54, 1.807) is 6.92 Å². The van der Waals surface area contributed by atoms with Crippen LogP contribution in [-0.2, 0) is 9.53 Å². The smallest absolute Gasteiger partial charge is 0.256 e. The van der Waals surface area contributed by atoms with Gasteiger partial charge in [-0.3, -0.25) is 4.79 Å². The van der Waals surface area contributed by atoms with Crippen LogP contribution in [-0.4, -0.2) is 30.1 Å². The molecule has 1 rings (SSSR count). The molecule has 0 fully saturated rings. The SMILES string of the molecule is CCOC(C)(CC)C(=O)Nc1ccc(OCCBr)cc1. The summed E-state index contributed by atoms with van der Waals surface area (Å²) in [6.45, 7) is 6.75. The molecule has 1 atom stereocenters. The number of rotatable bonds is 8. The molecule has 0 spiro atoms. The molecule has 1 unspecified atom stereocenters. The Kier molecular flexibility index (Phi) is 7.02. The van der Waals surface area contributed by atoms with Crippen LogP contribution in [0.15, 0.2) is 24.3 Å². The molecule has 0 bridgehead atoms. The fraction of sp³-hybridized carbons (Fsp3) is 0.533. The van der Waals surface area contributed by atoms with E-state index >= 15 is 0 Å². The lowest BCUT2D eigenvalue weighted by Crippen LogP contribution is -2.42. The van der Waals surface area contributed by atoms with Crippen LogP contribution in [0.3, 0.4) is 0 Å². The van der Waals surface area contributed by atoms with Crippen LogP contribution in [0.25, 0.3) is 0 Å². The maximum Gasteiger partial charge on any atom is 0.256 e. The summed E-state index contributed by atoms with van der Waals surface area (Å²) in [6, 6.07) is 7.32. The number of nitrogens with one attached hydrogen (secondary N) is 1. The van der Waals surface area contributed by atoms with E-state index in [-0.39, 0.29) is 5.91 Å². The molecule has 0 saturated carbocycles. The van der Waals surface area contributed by atoms with Crippen molar-refractivity contribution in [2.45, 2.75) is 32.8 Å². The molecule has 112 valence electrons. The van der Waals surface area contributed by atoms with E-state index < -0.39 is 5.60 Å². The molecule has 20 heavy (non-hydrogen) atoms. The van der Waals surface area contributed by atoms with Crippen LogP contribution in [0.4, 0.5) is 5.69 Å². The summed E-state index contributed by atoms with van der Waals surface area (Å²) in [5.74, 6) is 0.654. The van der Waals surface area contributed by atoms with Crippen LogP contribution >= 0.6 is 15.9 Å². The van der Waals surface area contributed by atoms with Gasteiger partial charge in [0, 0.05) is 17.6 Å². The molecule has 1 amide bonds. The van der Waals surface area contributed by atoms with Gasteiger partial charge >= 0.3 is 0 Å². The third kappa shape index (κ3) is 4.80. The van der Waals surface area contributed by atoms with Crippen molar-refractivity contribution < 1.29 is 14.3 Å². The highest BCUT2D eigenvalue weighted by atomic mass is 79.9. The predicted molar refractivity (Wildman–Crippen MR) is 84.7 cm³/mol. The van der Waals surface area contributed by atoms with E-state index in [0.29, 0.717) is 19.6 Å². The Labute approximate surface area is 129 Å². The molecule has 0 heterocycles. The first kappa shape index (κ1) is 17.0.